The third kappa shape index (κ3) is 1.92. The minimum Gasteiger partial charge on any atom is -0.324 e. The van der Waals surface area contributed by atoms with Crippen molar-refractivity contribution in [3.05, 3.63) is 42.0 Å². The molecular weight excluding hydrogens is 134 g/mol. The Balaban J connectivity index is 3.00. The SMILES string of the molecule is C=Cc1cccc([C@H](C)N)c1. The molecule has 0 saturated carbocycles. The van der Waals surface area contributed by atoms with Gasteiger partial charge in [0.25, 0.3) is 0 Å². The van der Waals surface area contributed by atoms with E-state index in [2.05, 4.69) is 12.6 Å². The Bertz CT molecular complexity index is 251. The van der Waals surface area contributed by atoms with Gasteiger partial charge in [0.05, 0.1) is 0 Å². The molecule has 1 nitrogen and oxygen atoms in total. The Hall–Kier alpha value is -1.08. The van der Waals surface area contributed by atoms with Gasteiger partial charge in [0.1, 0.15) is 0 Å². The number of hydrogen-bond donors (Lipinski definition) is 1. The third-order valence-corrected chi connectivity index (χ3v) is 1.67. The largest absolute Gasteiger partial charge is 0.324 e. The summed E-state index contributed by atoms with van der Waals surface area (Å²) in [4.78, 5) is 0. The average Bonchev–Trinajstić information content (AvgIpc) is 2.05. The van der Waals surface area contributed by atoms with Gasteiger partial charge in [-0.25, -0.2) is 0 Å². The van der Waals surface area contributed by atoms with Crippen LogP contribution in [0.15, 0.2) is 30.8 Å². The predicted octanol–water partition coefficient (Wildman–Crippen LogP) is 2.35. The molecule has 0 radical (unpaired) electrons. The maximum absolute atomic E-state index is 5.70. The van der Waals surface area contributed by atoms with Crippen LogP contribution in [0.25, 0.3) is 6.08 Å². The molecule has 0 unspecified atom stereocenters. The van der Waals surface area contributed by atoms with Crippen LogP contribution in [0.4, 0.5) is 0 Å². The van der Waals surface area contributed by atoms with Gasteiger partial charge in [-0.1, -0.05) is 36.9 Å². The number of nitrogens with two attached hydrogens (primary N) is 1. The Kier molecular flexibility index (Phi) is 2.44. The second kappa shape index (κ2) is 3.35. The molecule has 2 N–H and O–H groups in total. The van der Waals surface area contributed by atoms with Gasteiger partial charge < -0.3 is 5.73 Å². The highest BCUT2D eigenvalue weighted by molar-refractivity contribution is 5.48. The van der Waals surface area contributed by atoms with Crippen molar-refractivity contribution in [2.45, 2.75) is 13.0 Å². The highest BCUT2D eigenvalue weighted by Gasteiger charge is 1.97. The molecule has 1 aromatic carbocycles. The maximum atomic E-state index is 5.70. The summed E-state index contributed by atoms with van der Waals surface area (Å²) in [5, 5.41) is 0. The lowest BCUT2D eigenvalue weighted by molar-refractivity contribution is 0.818. The molecule has 58 valence electrons. The highest BCUT2D eigenvalue weighted by atomic mass is 14.6. The van der Waals surface area contributed by atoms with Gasteiger partial charge in [-0.15, -0.1) is 0 Å². The summed E-state index contributed by atoms with van der Waals surface area (Å²) in [6.07, 6.45) is 1.83. The van der Waals surface area contributed by atoms with E-state index in [1.165, 1.54) is 0 Å². The summed E-state index contributed by atoms with van der Waals surface area (Å²) >= 11 is 0. The third-order valence-electron chi connectivity index (χ3n) is 1.67. The lowest BCUT2D eigenvalue weighted by Gasteiger charge is -2.05. The molecule has 1 aromatic rings. The molecule has 0 fully saturated rings. The first-order valence-electron chi connectivity index (χ1n) is 3.72. The van der Waals surface area contributed by atoms with Gasteiger partial charge in [0.15, 0.2) is 0 Å². The topological polar surface area (TPSA) is 26.0 Å². The van der Waals surface area contributed by atoms with Crippen molar-refractivity contribution in [1.82, 2.24) is 0 Å². The van der Waals surface area contributed by atoms with Crippen molar-refractivity contribution >= 4 is 6.08 Å². The van der Waals surface area contributed by atoms with E-state index in [4.69, 9.17) is 5.73 Å². The second-order valence-electron chi connectivity index (χ2n) is 2.66. The van der Waals surface area contributed by atoms with Gasteiger partial charge >= 0.3 is 0 Å². The zero-order chi connectivity index (χ0) is 8.27. The van der Waals surface area contributed by atoms with E-state index in [0.29, 0.717) is 0 Å². The molecule has 0 spiro atoms. The summed E-state index contributed by atoms with van der Waals surface area (Å²) in [5.41, 5.74) is 7.98. The Morgan fingerprint density at radius 2 is 2.27 bits per heavy atom. The monoisotopic (exact) mass is 147 g/mol. The Labute approximate surface area is 67.5 Å². The zero-order valence-electron chi connectivity index (χ0n) is 6.75. The van der Waals surface area contributed by atoms with E-state index in [1.807, 2.05) is 31.2 Å². The number of hydrogen-bond acceptors (Lipinski definition) is 1. The van der Waals surface area contributed by atoms with Crippen molar-refractivity contribution in [3.8, 4) is 0 Å². The van der Waals surface area contributed by atoms with E-state index < -0.39 is 0 Å². The molecule has 1 atom stereocenters. The van der Waals surface area contributed by atoms with Gasteiger partial charge in [-0.05, 0) is 18.1 Å². The summed E-state index contributed by atoms with van der Waals surface area (Å²) in [6.45, 7) is 5.66. The van der Waals surface area contributed by atoms with Crippen LogP contribution in [0.2, 0.25) is 0 Å². The minimum absolute atomic E-state index is 0.106. The van der Waals surface area contributed by atoms with Crippen LogP contribution in [-0.4, -0.2) is 0 Å². The van der Waals surface area contributed by atoms with E-state index in [9.17, 15) is 0 Å². The van der Waals surface area contributed by atoms with Crippen LogP contribution in [0.3, 0.4) is 0 Å². The standard InChI is InChI=1S/C10H13N/c1-3-9-5-4-6-10(7-9)8(2)11/h3-8H,1,11H2,2H3/t8-/m0/s1. The molecular formula is C10H13N. The molecule has 0 amide bonds. The molecule has 0 aliphatic rings. The molecule has 0 heterocycles. The van der Waals surface area contributed by atoms with Crippen molar-refractivity contribution in [1.29, 1.82) is 0 Å². The molecule has 11 heavy (non-hydrogen) atoms. The van der Waals surface area contributed by atoms with Gasteiger partial charge in [-0.2, -0.15) is 0 Å². The average molecular weight is 147 g/mol. The Morgan fingerprint density at radius 3 is 2.82 bits per heavy atom. The normalized spacial score (nSPS) is 12.5. The fourth-order valence-corrected chi connectivity index (χ4v) is 0.969. The Morgan fingerprint density at radius 1 is 1.55 bits per heavy atom. The summed E-state index contributed by atoms with van der Waals surface area (Å²) in [6, 6.07) is 8.19. The fraction of sp³-hybridized carbons (Fsp3) is 0.200. The van der Waals surface area contributed by atoms with Crippen LogP contribution in [0.1, 0.15) is 24.1 Å². The van der Waals surface area contributed by atoms with Crippen molar-refractivity contribution in [2.75, 3.05) is 0 Å². The summed E-state index contributed by atoms with van der Waals surface area (Å²) < 4.78 is 0. The molecule has 0 bridgehead atoms. The predicted molar refractivity (Wildman–Crippen MR) is 49.1 cm³/mol. The van der Waals surface area contributed by atoms with E-state index in [-0.39, 0.29) is 6.04 Å². The lowest BCUT2D eigenvalue weighted by atomic mass is 10.1. The van der Waals surface area contributed by atoms with Crippen molar-refractivity contribution < 1.29 is 0 Å². The van der Waals surface area contributed by atoms with Crippen molar-refractivity contribution in [3.63, 3.8) is 0 Å². The molecule has 1 heteroatoms. The second-order valence-corrected chi connectivity index (χ2v) is 2.66. The van der Waals surface area contributed by atoms with Crippen LogP contribution < -0.4 is 5.73 Å². The smallest absolute Gasteiger partial charge is 0.0266 e. The van der Waals surface area contributed by atoms with Gasteiger partial charge in [0.2, 0.25) is 0 Å². The molecule has 0 saturated heterocycles. The molecule has 0 aromatic heterocycles. The van der Waals surface area contributed by atoms with Gasteiger partial charge in [-0.3, -0.25) is 0 Å². The van der Waals surface area contributed by atoms with Crippen LogP contribution in [0.5, 0.6) is 0 Å². The maximum Gasteiger partial charge on any atom is 0.0266 e. The first-order chi connectivity index (χ1) is 5.24. The molecule has 1 rings (SSSR count). The van der Waals surface area contributed by atoms with E-state index >= 15 is 0 Å². The molecule has 0 aliphatic carbocycles. The van der Waals surface area contributed by atoms with Gasteiger partial charge in [0, 0.05) is 6.04 Å². The highest BCUT2D eigenvalue weighted by Crippen LogP contribution is 2.11. The van der Waals surface area contributed by atoms with Crippen LogP contribution in [0, 0.1) is 0 Å². The zero-order valence-corrected chi connectivity index (χ0v) is 6.75. The van der Waals surface area contributed by atoms with E-state index in [1.54, 1.807) is 0 Å². The number of benzene rings is 1. The first kappa shape index (κ1) is 8.02. The van der Waals surface area contributed by atoms with Crippen LogP contribution >= 0.6 is 0 Å². The summed E-state index contributed by atoms with van der Waals surface area (Å²) in [5.74, 6) is 0. The summed E-state index contributed by atoms with van der Waals surface area (Å²) in [7, 11) is 0. The number of rotatable bonds is 2. The molecule has 0 aliphatic heterocycles. The quantitative estimate of drug-likeness (QED) is 0.682. The lowest BCUT2D eigenvalue weighted by Crippen LogP contribution is -2.04. The van der Waals surface area contributed by atoms with E-state index in [0.717, 1.165) is 11.1 Å². The van der Waals surface area contributed by atoms with Crippen molar-refractivity contribution in [2.24, 2.45) is 5.73 Å². The first-order valence-corrected chi connectivity index (χ1v) is 3.72. The minimum atomic E-state index is 0.106. The van der Waals surface area contributed by atoms with Crippen LogP contribution in [-0.2, 0) is 0 Å². The fourth-order valence-electron chi connectivity index (χ4n) is 0.969.